The third kappa shape index (κ3) is 5.48. The van der Waals surface area contributed by atoms with Crippen molar-refractivity contribution in [3.63, 3.8) is 0 Å². The lowest BCUT2D eigenvalue weighted by atomic mass is 9.96. The second-order valence-corrected chi connectivity index (χ2v) is 6.13. The van der Waals surface area contributed by atoms with Crippen LogP contribution >= 0.6 is 0 Å². The SMILES string of the molecule is CC(C#N)(CCCCN1CCCOCC1)NC1CC1. The summed E-state index contributed by atoms with van der Waals surface area (Å²) in [6.45, 7) is 7.21. The first-order valence-electron chi connectivity index (χ1n) is 7.71. The molecule has 0 aromatic rings. The monoisotopic (exact) mass is 265 g/mol. The smallest absolute Gasteiger partial charge is 0.104 e. The van der Waals surface area contributed by atoms with Gasteiger partial charge in [-0.05, 0) is 52.0 Å². The minimum absolute atomic E-state index is 0.316. The van der Waals surface area contributed by atoms with Gasteiger partial charge in [0.1, 0.15) is 5.54 Å². The third-order valence-electron chi connectivity index (χ3n) is 4.06. The number of nitrogens with one attached hydrogen (secondary N) is 1. The summed E-state index contributed by atoms with van der Waals surface area (Å²) in [7, 11) is 0. The van der Waals surface area contributed by atoms with Crippen LogP contribution in [0, 0.1) is 11.3 Å². The summed E-state index contributed by atoms with van der Waals surface area (Å²) < 4.78 is 5.46. The summed E-state index contributed by atoms with van der Waals surface area (Å²) >= 11 is 0. The lowest BCUT2D eigenvalue weighted by Crippen LogP contribution is -2.42. The van der Waals surface area contributed by atoms with Gasteiger partial charge in [0.05, 0.1) is 12.7 Å². The van der Waals surface area contributed by atoms with Gasteiger partial charge in [-0.1, -0.05) is 0 Å². The topological polar surface area (TPSA) is 48.3 Å². The van der Waals surface area contributed by atoms with Crippen molar-refractivity contribution in [1.82, 2.24) is 10.2 Å². The average Bonchev–Trinajstić information content (AvgIpc) is 3.22. The molecule has 1 heterocycles. The molecule has 2 rings (SSSR count). The molecule has 1 saturated heterocycles. The third-order valence-corrected chi connectivity index (χ3v) is 4.06. The fourth-order valence-corrected chi connectivity index (χ4v) is 2.67. The Labute approximate surface area is 117 Å². The van der Waals surface area contributed by atoms with Gasteiger partial charge in [0.25, 0.3) is 0 Å². The van der Waals surface area contributed by atoms with Crippen LogP contribution in [0.3, 0.4) is 0 Å². The van der Waals surface area contributed by atoms with E-state index in [4.69, 9.17) is 4.74 Å². The van der Waals surface area contributed by atoms with Crippen LogP contribution in [-0.4, -0.2) is 49.3 Å². The number of ether oxygens (including phenoxy) is 1. The molecule has 0 radical (unpaired) electrons. The van der Waals surface area contributed by atoms with Crippen LogP contribution in [0.5, 0.6) is 0 Å². The lowest BCUT2D eigenvalue weighted by molar-refractivity contribution is 0.141. The van der Waals surface area contributed by atoms with E-state index in [1.165, 1.54) is 19.3 Å². The predicted octanol–water partition coefficient (Wildman–Crippen LogP) is 1.91. The van der Waals surface area contributed by atoms with Crippen molar-refractivity contribution in [3.8, 4) is 6.07 Å². The number of unbranched alkanes of at least 4 members (excludes halogenated alkanes) is 1. The highest BCUT2D eigenvalue weighted by Gasteiger charge is 2.31. The maximum Gasteiger partial charge on any atom is 0.104 e. The van der Waals surface area contributed by atoms with Crippen molar-refractivity contribution in [2.75, 3.05) is 32.8 Å². The number of rotatable bonds is 7. The van der Waals surface area contributed by atoms with E-state index in [-0.39, 0.29) is 5.54 Å². The molecule has 0 aromatic heterocycles. The highest BCUT2D eigenvalue weighted by molar-refractivity contribution is 5.06. The van der Waals surface area contributed by atoms with Gasteiger partial charge in [-0.3, -0.25) is 5.32 Å². The number of hydrogen-bond acceptors (Lipinski definition) is 4. The molecular weight excluding hydrogens is 238 g/mol. The van der Waals surface area contributed by atoms with Crippen LogP contribution in [0.4, 0.5) is 0 Å². The molecule has 1 unspecified atom stereocenters. The van der Waals surface area contributed by atoms with E-state index in [9.17, 15) is 5.26 Å². The van der Waals surface area contributed by atoms with Gasteiger partial charge in [0, 0.05) is 25.7 Å². The van der Waals surface area contributed by atoms with E-state index in [2.05, 4.69) is 16.3 Å². The molecule has 0 amide bonds. The molecule has 108 valence electrons. The zero-order valence-corrected chi connectivity index (χ0v) is 12.2. The summed E-state index contributed by atoms with van der Waals surface area (Å²) in [4.78, 5) is 2.49. The van der Waals surface area contributed by atoms with Crippen LogP contribution in [0.25, 0.3) is 0 Å². The minimum atomic E-state index is -0.316. The first kappa shape index (κ1) is 14.8. The molecule has 0 spiro atoms. The van der Waals surface area contributed by atoms with E-state index in [1.54, 1.807) is 0 Å². The van der Waals surface area contributed by atoms with E-state index in [0.717, 1.165) is 52.1 Å². The Balaban J connectivity index is 1.60. The predicted molar refractivity (Wildman–Crippen MR) is 75.9 cm³/mol. The van der Waals surface area contributed by atoms with Crippen molar-refractivity contribution in [2.45, 2.75) is 57.0 Å². The molecule has 2 fully saturated rings. The molecule has 4 nitrogen and oxygen atoms in total. The Morgan fingerprint density at radius 2 is 2.16 bits per heavy atom. The first-order valence-corrected chi connectivity index (χ1v) is 7.71. The Kier molecular flexibility index (Phi) is 5.62. The zero-order chi connectivity index (χ0) is 13.6. The normalized spacial score (nSPS) is 24.4. The van der Waals surface area contributed by atoms with Crippen molar-refractivity contribution in [3.05, 3.63) is 0 Å². The first-order chi connectivity index (χ1) is 9.22. The largest absolute Gasteiger partial charge is 0.380 e. The molecule has 0 aromatic carbocycles. The van der Waals surface area contributed by atoms with E-state index in [0.29, 0.717) is 6.04 Å². The molecule has 4 heteroatoms. The molecular formula is C15H27N3O. The van der Waals surface area contributed by atoms with E-state index >= 15 is 0 Å². The molecule has 1 aliphatic heterocycles. The van der Waals surface area contributed by atoms with Gasteiger partial charge in [0.2, 0.25) is 0 Å². The van der Waals surface area contributed by atoms with Gasteiger partial charge in [0.15, 0.2) is 0 Å². The molecule has 1 aliphatic carbocycles. The van der Waals surface area contributed by atoms with Gasteiger partial charge >= 0.3 is 0 Å². The van der Waals surface area contributed by atoms with Crippen molar-refractivity contribution >= 4 is 0 Å². The number of nitriles is 1. The molecule has 0 bridgehead atoms. The summed E-state index contributed by atoms with van der Waals surface area (Å²) in [5, 5.41) is 12.8. The lowest BCUT2D eigenvalue weighted by Gasteiger charge is -2.24. The van der Waals surface area contributed by atoms with Crippen LogP contribution in [-0.2, 0) is 4.74 Å². The quantitative estimate of drug-likeness (QED) is 0.714. The van der Waals surface area contributed by atoms with E-state index in [1.807, 2.05) is 6.92 Å². The van der Waals surface area contributed by atoms with Gasteiger partial charge in [-0.15, -0.1) is 0 Å². The fraction of sp³-hybridized carbons (Fsp3) is 0.933. The fourth-order valence-electron chi connectivity index (χ4n) is 2.67. The average molecular weight is 265 g/mol. The molecule has 19 heavy (non-hydrogen) atoms. The summed E-state index contributed by atoms with van der Waals surface area (Å²) in [5.41, 5.74) is -0.316. The van der Waals surface area contributed by atoms with Crippen molar-refractivity contribution < 1.29 is 4.74 Å². The standard InChI is InChI=1S/C15H27N3O/c1-15(13-16,17-14-5-6-14)7-2-3-8-18-9-4-11-19-12-10-18/h14,17H,2-12H2,1H3. The molecule has 2 aliphatic rings. The van der Waals surface area contributed by atoms with Crippen LogP contribution in [0.2, 0.25) is 0 Å². The highest BCUT2D eigenvalue weighted by Crippen LogP contribution is 2.24. The van der Waals surface area contributed by atoms with E-state index < -0.39 is 0 Å². The molecule has 1 N–H and O–H groups in total. The maximum atomic E-state index is 9.31. The number of nitrogens with zero attached hydrogens (tertiary/aromatic N) is 2. The van der Waals surface area contributed by atoms with Crippen LogP contribution < -0.4 is 5.32 Å². The molecule has 1 atom stereocenters. The van der Waals surface area contributed by atoms with Crippen LogP contribution in [0.1, 0.15) is 45.4 Å². The highest BCUT2D eigenvalue weighted by atomic mass is 16.5. The summed E-state index contributed by atoms with van der Waals surface area (Å²) in [5.74, 6) is 0. The Bertz CT molecular complexity index is 303. The minimum Gasteiger partial charge on any atom is -0.380 e. The van der Waals surface area contributed by atoms with Gasteiger partial charge in [-0.2, -0.15) is 5.26 Å². The summed E-state index contributed by atoms with van der Waals surface area (Å²) in [6, 6.07) is 3.06. The summed E-state index contributed by atoms with van der Waals surface area (Å²) in [6.07, 6.45) is 6.91. The number of hydrogen-bond donors (Lipinski definition) is 1. The second kappa shape index (κ2) is 7.23. The maximum absolute atomic E-state index is 9.31. The Hall–Kier alpha value is -0.630. The van der Waals surface area contributed by atoms with Gasteiger partial charge < -0.3 is 9.64 Å². The van der Waals surface area contributed by atoms with Crippen molar-refractivity contribution in [1.29, 1.82) is 5.26 Å². The Morgan fingerprint density at radius 1 is 1.32 bits per heavy atom. The molecule has 1 saturated carbocycles. The van der Waals surface area contributed by atoms with Gasteiger partial charge in [-0.25, -0.2) is 0 Å². The zero-order valence-electron chi connectivity index (χ0n) is 12.2. The van der Waals surface area contributed by atoms with Crippen molar-refractivity contribution in [2.24, 2.45) is 0 Å². The second-order valence-electron chi connectivity index (χ2n) is 6.13. The van der Waals surface area contributed by atoms with Crippen LogP contribution in [0.15, 0.2) is 0 Å². The Morgan fingerprint density at radius 3 is 2.89 bits per heavy atom.